The lowest BCUT2D eigenvalue weighted by atomic mass is 9.89. The molecule has 0 fully saturated rings. The molecule has 1 atom stereocenters. The van der Waals surface area contributed by atoms with Crippen LogP contribution in [-0.2, 0) is 30.6 Å². The normalized spacial score (nSPS) is 15.2. The Bertz CT molecular complexity index is 1240. The first-order valence-electron chi connectivity index (χ1n) is 11.8. The van der Waals surface area contributed by atoms with Crippen LogP contribution >= 0.6 is 23.1 Å². The standard InChI is InChI=1S/C25H30N4O3S2/c1-3-12-26-24(32)27-20(30)15-33-25-28-22-21(18-10-9-16(2)14-19(18)34-22)23(31)29(25)13-11-17-7-5-4-6-8-17/h4-8,16H,3,9-15H2,1-2H3,(H2,26,27,30,32)/t16-/m0/s1. The molecular formula is C25H30N4O3S2. The highest BCUT2D eigenvalue weighted by Gasteiger charge is 2.25. The summed E-state index contributed by atoms with van der Waals surface area (Å²) in [7, 11) is 0. The number of benzene rings is 1. The molecule has 0 aliphatic heterocycles. The Balaban J connectivity index is 1.61. The van der Waals surface area contributed by atoms with Crippen LogP contribution < -0.4 is 16.2 Å². The Labute approximate surface area is 207 Å². The van der Waals surface area contributed by atoms with Gasteiger partial charge in [0.1, 0.15) is 4.83 Å². The summed E-state index contributed by atoms with van der Waals surface area (Å²) < 4.78 is 1.70. The second kappa shape index (κ2) is 11.2. The van der Waals surface area contributed by atoms with E-state index < -0.39 is 11.9 Å². The highest BCUT2D eigenvalue weighted by Crippen LogP contribution is 2.36. The molecule has 2 aromatic heterocycles. The van der Waals surface area contributed by atoms with Crippen molar-refractivity contribution in [3.8, 4) is 0 Å². The van der Waals surface area contributed by atoms with Crippen LogP contribution in [0.15, 0.2) is 40.3 Å². The van der Waals surface area contributed by atoms with E-state index in [1.807, 2.05) is 37.3 Å². The lowest BCUT2D eigenvalue weighted by molar-refractivity contribution is -0.117. The van der Waals surface area contributed by atoms with Crippen molar-refractivity contribution < 1.29 is 9.59 Å². The number of carbonyl (C=O) groups is 2. The number of thioether (sulfide) groups is 1. The molecule has 0 saturated carbocycles. The smallest absolute Gasteiger partial charge is 0.321 e. The van der Waals surface area contributed by atoms with Gasteiger partial charge >= 0.3 is 6.03 Å². The number of carbonyl (C=O) groups excluding carboxylic acids is 2. The van der Waals surface area contributed by atoms with Gasteiger partial charge in [0.25, 0.3) is 5.56 Å². The molecule has 9 heteroatoms. The van der Waals surface area contributed by atoms with Gasteiger partial charge in [0, 0.05) is 18.0 Å². The number of rotatable bonds is 8. The van der Waals surface area contributed by atoms with E-state index in [2.05, 4.69) is 17.6 Å². The topological polar surface area (TPSA) is 93.1 Å². The highest BCUT2D eigenvalue weighted by molar-refractivity contribution is 7.99. The second-order valence-electron chi connectivity index (χ2n) is 8.71. The van der Waals surface area contributed by atoms with Gasteiger partial charge in [-0.3, -0.25) is 19.5 Å². The summed E-state index contributed by atoms with van der Waals surface area (Å²) in [6.07, 6.45) is 4.46. The van der Waals surface area contributed by atoms with E-state index in [9.17, 15) is 14.4 Å². The third-order valence-electron chi connectivity index (χ3n) is 5.97. The van der Waals surface area contributed by atoms with E-state index in [0.717, 1.165) is 47.0 Å². The zero-order valence-electron chi connectivity index (χ0n) is 19.6. The summed E-state index contributed by atoms with van der Waals surface area (Å²) in [6.45, 7) is 5.17. The minimum absolute atomic E-state index is 0.00491. The molecule has 0 bridgehead atoms. The van der Waals surface area contributed by atoms with Crippen molar-refractivity contribution in [1.82, 2.24) is 20.2 Å². The summed E-state index contributed by atoms with van der Waals surface area (Å²) in [5.41, 5.74) is 2.26. The van der Waals surface area contributed by atoms with Crippen LogP contribution in [0.5, 0.6) is 0 Å². The number of fused-ring (bicyclic) bond motifs is 3. The summed E-state index contributed by atoms with van der Waals surface area (Å²) in [5, 5.41) is 6.22. The van der Waals surface area contributed by atoms with Gasteiger partial charge in [-0.2, -0.15) is 0 Å². The maximum Gasteiger partial charge on any atom is 0.321 e. The monoisotopic (exact) mass is 498 g/mol. The predicted molar refractivity (Wildman–Crippen MR) is 138 cm³/mol. The molecule has 34 heavy (non-hydrogen) atoms. The Hall–Kier alpha value is -2.65. The largest absolute Gasteiger partial charge is 0.338 e. The van der Waals surface area contributed by atoms with Crippen LogP contribution in [-0.4, -0.2) is 33.8 Å². The fourth-order valence-corrected chi connectivity index (χ4v) is 6.42. The van der Waals surface area contributed by atoms with Crippen molar-refractivity contribution in [2.45, 2.75) is 57.7 Å². The highest BCUT2D eigenvalue weighted by atomic mass is 32.2. The molecule has 1 aliphatic rings. The van der Waals surface area contributed by atoms with Gasteiger partial charge in [0.05, 0.1) is 11.1 Å². The first kappa shape index (κ1) is 24.5. The van der Waals surface area contributed by atoms with E-state index in [4.69, 9.17) is 4.98 Å². The van der Waals surface area contributed by atoms with Crippen LogP contribution in [0.25, 0.3) is 10.2 Å². The second-order valence-corrected chi connectivity index (χ2v) is 10.7. The molecule has 3 aromatic rings. The van der Waals surface area contributed by atoms with Crippen molar-refractivity contribution in [1.29, 1.82) is 0 Å². The summed E-state index contributed by atoms with van der Waals surface area (Å²) in [6, 6.07) is 9.52. The van der Waals surface area contributed by atoms with E-state index in [-0.39, 0.29) is 11.3 Å². The summed E-state index contributed by atoms with van der Waals surface area (Å²) in [5.74, 6) is 0.199. The van der Waals surface area contributed by atoms with E-state index in [1.165, 1.54) is 16.6 Å². The van der Waals surface area contributed by atoms with Crippen LogP contribution in [0.3, 0.4) is 0 Å². The Morgan fingerprint density at radius 2 is 2.06 bits per heavy atom. The average molecular weight is 499 g/mol. The maximum atomic E-state index is 13.7. The molecule has 0 unspecified atom stereocenters. The molecule has 4 rings (SSSR count). The third-order valence-corrected chi connectivity index (χ3v) is 8.09. The molecule has 180 valence electrons. The lowest BCUT2D eigenvalue weighted by Crippen LogP contribution is -2.40. The van der Waals surface area contributed by atoms with Crippen LogP contribution in [0, 0.1) is 5.92 Å². The predicted octanol–water partition coefficient (Wildman–Crippen LogP) is 4.15. The molecule has 2 heterocycles. The van der Waals surface area contributed by atoms with Crippen molar-refractivity contribution in [3.05, 3.63) is 56.7 Å². The van der Waals surface area contributed by atoms with Gasteiger partial charge in [0.2, 0.25) is 5.91 Å². The van der Waals surface area contributed by atoms with Gasteiger partial charge in [-0.1, -0.05) is 55.9 Å². The fourth-order valence-electron chi connectivity index (χ4n) is 4.17. The first-order valence-corrected chi connectivity index (χ1v) is 13.6. The number of imide groups is 1. The molecule has 1 aromatic carbocycles. The van der Waals surface area contributed by atoms with E-state index in [0.29, 0.717) is 30.6 Å². The van der Waals surface area contributed by atoms with Crippen LogP contribution in [0.1, 0.15) is 42.7 Å². The number of urea groups is 1. The SMILES string of the molecule is CCCNC(=O)NC(=O)CSc1nc2sc3c(c2c(=O)n1CCc1ccccc1)CC[C@H](C)C3. The first-order chi connectivity index (χ1) is 16.5. The number of amides is 3. The Kier molecular flexibility index (Phi) is 8.05. The maximum absolute atomic E-state index is 13.7. The third kappa shape index (κ3) is 5.70. The Morgan fingerprint density at radius 1 is 1.26 bits per heavy atom. The lowest BCUT2D eigenvalue weighted by Gasteiger charge is -2.17. The van der Waals surface area contributed by atoms with Crippen molar-refractivity contribution in [2.75, 3.05) is 12.3 Å². The number of nitrogens with zero attached hydrogens (tertiary/aromatic N) is 2. The van der Waals surface area contributed by atoms with Crippen molar-refractivity contribution >= 4 is 45.3 Å². The number of thiophene rings is 1. The molecule has 0 saturated heterocycles. The quantitative estimate of drug-likeness (QED) is 0.359. The molecular weight excluding hydrogens is 468 g/mol. The zero-order valence-corrected chi connectivity index (χ0v) is 21.2. The van der Waals surface area contributed by atoms with Crippen molar-refractivity contribution in [3.63, 3.8) is 0 Å². The van der Waals surface area contributed by atoms with E-state index in [1.54, 1.807) is 15.9 Å². The average Bonchev–Trinajstić information content (AvgIpc) is 3.19. The summed E-state index contributed by atoms with van der Waals surface area (Å²) in [4.78, 5) is 44.7. The zero-order chi connectivity index (χ0) is 24.1. The Morgan fingerprint density at radius 3 is 2.82 bits per heavy atom. The fraction of sp³-hybridized carbons (Fsp3) is 0.440. The van der Waals surface area contributed by atoms with Gasteiger partial charge in [-0.05, 0) is 49.1 Å². The number of nitrogens with one attached hydrogen (secondary N) is 2. The molecule has 7 nitrogen and oxygen atoms in total. The molecule has 0 radical (unpaired) electrons. The summed E-state index contributed by atoms with van der Waals surface area (Å²) >= 11 is 2.80. The number of aryl methyl sites for hydroxylation is 2. The molecule has 0 spiro atoms. The molecule has 1 aliphatic carbocycles. The number of hydrogen-bond acceptors (Lipinski definition) is 6. The van der Waals surface area contributed by atoms with E-state index >= 15 is 0 Å². The van der Waals surface area contributed by atoms with Crippen molar-refractivity contribution in [2.24, 2.45) is 5.92 Å². The van der Waals surface area contributed by atoms with Gasteiger partial charge in [-0.25, -0.2) is 9.78 Å². The van der Waals surface area contributed by atoms with Crippen LogP contribution in [0.4, 0.5) is 4.79 Å². The van der Waals surface area contributed by atoms with Gasteiger partial charge in [-0.15, -0.1) is 11.3 Å². The molecule has 2 N–H and O–H groups in total. The minimum atomic E-state index is -0.502. The van der Waals surface area contributed by atoms with Gasteiger partial charge in [0.15, 0.2) is 5.16 Å². The minimum Gasteiger partial charge on any atom is -0.338 e. The van der Waals surface area contributed by atoms with Crippen LogP contribution in [0.2, 0.25) is 0 Å². The molecule has 3 amide bonds. The number of aromatic nitrogens is 2. The van der Waals surface area contributed by atoms with Gasteiger partial charge < -0.3 is 5.32 Å². The number of hydrogen-bond donors (Lipinski definition) is 2.